The quantitative estimate of drug-likeness (QED) is 0.533. The molecule has 0 spiro atoms. The van der Waals surface area contributed by atoms with Gasteiger partial charge >= 0.3 is 5.97 Å². The first-order chi connectivity index (χ1) is 9.88. The fourth-order valence-electron chi connectivity index (χ4n) is 1.65. The zero-order valence-corrected chi connectivity index (χ0v) is 12.8. The molecule has 0 amide bonds. The van der Waals surface area contributed by atoms with E-state index in [9.17, 15) is 4.79 Å². The van der Waals surface area contributed by atoms with Crippen molar-refractivity contribution in [3.63, 3.8) is 0 Å². The molecule has 0 unspecified atom stereocenters. The second-order valence-corrected chi connectivity index (χ2v) is 4.78. The third-order valence-electron chi connectivity index (χ3n) is 2.92. The number of hydrogen-bond acceptors (Lipinski definition) is 8. The van der Waals surface area contributed by atoms with E-state index in [0.717, 1.165) is 0 Å². The molecular formula is C13H22N6O2. The molecule has 2 atom stereocenters. The van der Waals surface area contributed by atoms with Gasteiger partial charge in [-0.15, -0.1) is 6.58 Å². The highest BCUT2D eigenvalue weighted by molar-refractivity contribution is 5.76. The number of aromatic nitrogens is 3. The van der Waals surface area contributed by atoms with Crippen molar-refractivity contribution in [1.29, 1.82) is 0 Å². The van der Waals surface area contributed by atoms with E-state index >= 15 is 0 Å². The smallest absolute Gasteiger partial charge is 0.323 e. The molecule has 21 heavy (non-hydrogen) atoms. The second kappa shape index (κ2) is 7.53. The van der Waals surface area contributed by atoms with Gasteiger partial charge in [-0.05, 0) is 5.92 Å². The van der Waals surface area contributed by atoms with Gasteiger partial charge in [0.05, 0.1) is 13.7 Å². The Morgan fingerprint density at radius 1 is 1.48 bits per heavy atom. The molecular weight excluding hydrogens is 272 g/mol. The fourth-order valence-corrected chi connectivity index (χ4v) is 1.65. The molecule has 0 aliphatic heterocycles. The van der Waals surface area contributed by atoms with Crippen LogP contribution in [0.15, 0.2) is 12.7 Å². The highest BCUT2D eigenvalue weighted by Crippen LogP contribution is 2.09. The molecule has 0 aliphatic rings. The summed E-state index contributed by atoms with van der Waals surface area (Å²) in [6.45, 7) is 5.83. The van der Waals surface area contributed by atoms with E-state index in [2.05, 4.69) is 26.8 Å². The van der Waals surface area contributed by atoms with Crippen LogP contribution >= 0.6 is 0 Å². The Morgan fingerprint density at radius 2 is 2.14 bits per heavy atom. The third kappa shape index (κ3) is 4.67. The van der Waals surface area contributed by atoms with E-state index < -0.39 is 6.04 Å². The highest BCUT2D eigenvalue weighted by Gasteiger charge is 2.23. The van der Waals surface area contributed by atoms with Gasteiger partial charge in [0.25, 0.3) is 0 Å². The van der Waals surface area contributed by atoms with E-state index in [1.165, 1.54) is 7.11 Å². The molecule has 0 saturated carbocycles. The number of esters is 1. The molecule has 1 aromatic heterocycles. The minimum Gasteiger partial charge on any atom is -0.468 e. The standard InChI is InChI=1S/C13H22N6O2/c1-6-8(2)10(11(20)21-5)15-7-9-16-12(14)18-13(17-9)19(3)4/h6,8,10,15H,1,7H2,2-5H3,(H2,14,16,17,18)/t8-,10+/m1/s1. The number of anilines is 2. The molecule has 8 heteroatoms. The predicted octanol–water partition coefficient (Wildman–Crippen LogP) is -0.0269. The molecule has 0 aromatic carbocycles. The summed E-state index contributed by atoms with van der Waals surface area (Å²) >= 11 is 0. The Kier molecular flexibility index (Phi) is 6.04. The molecule has 0 aliphatic carbocycles. The largest absolute Gasteiger partial charge is 0.468 e. The topological polar surface area (TPSA) is 106 Å². The van der Waals surface area contributed by atoms with Crippen molar-refractivity contribution < 1.29 is 9.53 Å². The van der Waals surface area contributed by atoms with Crippen LogP contribution in [0.4, 0.5) is 11.9 Å². The van der Waals surface area contributed by atoms with Crippen molar-refractivity contribution in [2.45, 2.75) is 19.5 Å². The molecule has 0 fully saturated rings. The van der Waals surface area contributed by atoms with Crippen LogP contribution in [0.3, 0.4) is 0 Å². The van der Waals surface area contributed by atoms with Gasteiger partial charge in [-0.2, -0.15) is 15.0 Å². The lowest BCUT2D eigenvalue weighted by Gasteiger charge is -2.20. The first-order valence-corrected chi connectivity index (χ1v) is 6.50. The Labute approximate surface area is 124 Å². The van der Waals surface area contributed by atoms with Crippen LogP contribution in [0.1, 0.15) is 12.7 Å². The first-order valence-electron chi connectivity index (χ1n) is 6.50. The average Bonchev–Trinajstić information content (AvgIpc) is 2.46. The average molecular weight is 294 g/mol. The van der Waals surface area contributed by atoms with Gasteiger partial charge in [-0.3, -0.25) is 10.1 Å². The number of nitrogens with two attached hydrogens (primary N) is 1. The summed E-state index contributed by atoms with van der Waals surface area (Å²) in [5.74, 6) is 0.598. The summed E-state index contributed by atoms with van der Waals surface area (Å²) < 4.78 is 4.77. The number of methoxy groups -OCH3 is 1. The van der Waals surface area contributed by atoms with Crippen LogP contribution in [0.5, 0.6) is 0 Å². The number of nitrogens with one attached hydrogen (secondary N) is 1. The van der Waals surface area contributed by atoms with Gasteiger partial charge in [-0.1, -0.05) is 13.0 Å². The summed E-state index contributed by atoms with van der Waals surface area (Å²) in [6, 6.07) is -0.520. The number of nitrogens with zero attached hydrogens (tertiary/aromatic N) is 4. The van der Waals surface area contributed by atoms with Crippen LogP contribution in [0.25, 0.3) is 0 Å². The first kappa shape index (κ1) is 16.8. The minimum atomic E-state index is -0.520. The van der Waals surface area contributed by atoms with Crippen LogP contribution in [0, 0.1) is 5.92 Å². The Balaban J connectivity index is 2.84. The number of ether oxygens (including phenoxy) is 1. The molecule has 1 heterocycles. The molecule has 0 radical (unpaired) electrons. The van der Waals surface area contributed by atoms with E-state index in [4.69, 9.17) is 10.5 Å². The lowest BCUT2D eigenvalue weighted by Crippen LogP contribution is -2.42. The van der Waals surface area contributed by atoms with Crippen LogP contribution in [0.2, 0.25) is 0 Å². The summed E-state index contributed by atoms with van der Waals surface area (Å²) in [7, 11) is 4.96. The second-order valence-electron chi connectivity index (χ2n) is 4.78. The monoisotopic (exact) mass is 294 g/mol. The summed E-state index contributed by atoms with van der Waals surface area (Å²) in [6.07, 6.45) is 1.68. The number of carbonyl (C=O) groups is 1. The third-order valence-corrected chi connectivity index (χ3v) is 2.92. The Morgan fingerprint density at radius 3 is 2.67 bits per heavy atom. The number of hydrogen-bond donors (Lipinski definition) is 2. The van der Waals surface area contributed by atoms with Gasteiger partial charge in [0.2, 0.25) is 11.9 Å². The summed E-state index contributed by atoms with van der Waals surface area (Å²) in [4.78, 5) is 25.8. The zero-order valence-electron chi connectivity index (χ0n) is 12.8. The van der Waals surface area contributed by atoms with Gasteiger partial charge in [-0.25, -0.2) is 0 Å². The lowest BCUT2D eigenvalue weighted by molar-refractivity contribution is -0.144. The SMILES string of the molecule is C=C[C@@H](C)[C@H](NCc1nc(N)nc(N(C)C)n1)C(=O)OC. The molecule has 0 bridgehead atoms. The maximum atomic E-state index is 11.8. The van der Waals surface area contributed by atoms with E-state index in [1.807, 2.05) is 21.0 Å². The molecule has 1 rings (SSSR count). The lowest BCUT2D eigenvalue weighted by atomic mass is 10.0. The Hall–Kier alpha value is -2.22. The van der Waals surface area contributed by atoms with Crippen molar-refractivity contribution in [3.05, 3.63) is 18.5 Å². The Bertz CT molecular complexity index is 505. The maximum absolute atomic E-state index is 11.8. The molecule has 3 N–H and O–H groups in total. The van der Waals surface area contributed by atoms with Gasteiger partial charge in [0, 0.05) is 14.1 Å². The normalized spacial score (nSPS) is 13.3. The molecule has 8 nitrogen and oxygen atoms in total. The van der Waals surface area contributed by atoms with Crippen molar-refractivity contribution in [1.82, 2.24) is 20.3 Å². The number of rotatable bonds is 7. The van der Waals surface area contributed by atoms with Crippen LogP contribution in [-0.4, -0.2) is 48.2 Å². The van der Waals surface area contributed by atoms with Gasteiger partial charge in [0.15, 0.2) is 0 Å². The molecule has 0 saturated heterocycles. The van der Waals surface area contributed by atoms with Crippen molar-refractivity contribution in [2.24, 2.45) is 5.92 Å². The highest BCUT2D eigenvalue weighted by atomic mass is 16.5. The van der Waals surface area contributed by atoms with Crippen molar-refractivity contribution in [2.75, 3.05) is 31.8 Å². The summed E-state index contributed by atoms with van der Waals surface area (Å²) in [5.41, 5.74) is 5.65. The van der Waals surface area contributed by atoms with E-state index in [-0.39, 0.29) is 24.4 Å². The number of carbonyl (C=O) groups excluding carboxylic acids is 1. The van der Waals surface area contributed by atoms with Crippen LogP contribution < -0.4 is 16.0 Å². The molecule has 1 aromatic rings. The predicted molar refractivity (Wildman–Crippen MR) is 80.6 cm³/mol. The van der Waals surface area contributed by atoms with E-state index in [1.54, 1.807) is 11.0 Å². The van der Waals surface area contributed by atoms with Crippen molar-refractivity contribution >= 4 is 17.9 Å². The van der Waals surface area contributed by atoms with Gasteiger partial charge in [0.1, 0.15) is 11.9 Å². The van der Waals surface area contributed by atoms with Crippen LogP contribution in [-0.2, 0) is 16.1 Å². The maximum Gasteiger partial charge on any atom is 0.323 e. The zero-order chi connectivity index (χ0) is 16.0. The van der Waals surface area contributed by atoms with Gasteiger partial charge < -0.3 is 15.4 Å². The minimum absolute atomic E-state index is 0.0926. The van der Waals surface area contributed by atoms with E-state index in [0.29, 0.717) is 11.8 Å². The number of nitrogen functional groups attached to an aromatic ring is 1. The van der Waals surface area contributed by atoms with Crippen molar-refractivity contribution in [3.8, 4) is 0 Å². The molecule has 116 valence electrons. The fraction of sp³-hybridized carbons (Fsp3) is 0.538. The summed E-state index contributed by atoms with van der Waals surface area (Å²) in [5, 5.41) is 3.06.